The molecule has 2 N–H and O–H groups in total. The fourth-order valence-electron chi connectivity index (χ4n) is 2.83. The summed E-state index contributed by atoms with van der Waals surface area (Å²) in [6.07, 6.45) is 1.73. The van der Waals surface area contributed by atoms with Crippen molar-refractivity contribution < 1.29 is 9.18 Å². The zero-order chi connectivity index (χ0) is 15.0. The first-order valence-corrected chi connectivity index (χ1v) is 7.03. The lowest BCUT2D eigenvalue weighted by Gasteiger charge is -2.30. The fourth-order valence-corrected chi connectivity index (χ4v) is 2.83. The van der Waals surface area contributed by atoms with Gasteiger partial charge in [0.15, 0.2) is 0 Å². The lowest BCUT2D eigenvalue weighted by molar-refractivity contribution is 0.0984. The van der Waals surface area contributed by atoms with Crippen molar-refractivity contribution >= 4 is 17.3 Å². The standard InChI is InChI=1S/C17H17FN2O/c1-11-7-8-12(18)10-14(11)17(21)20-9-3-4-13-15(19)5-2-6-16(13)20/h2,5-8,10H,3-4,9,19H2,1H3. The quantitative estimate of drug-likeness (QED) is 0.817. The second-order valence-corrected chi connectivity index (χ2v) is 5.36. The van der Waals surface area contributed by atoms with Crippen LogP contribution in [0.3, 0.4) is 0 Å². The second-order valence-electron chi connectivity index (χ2n) is 5.36. The van der Waals surface area contributed by atoms with Gasteiger partial charge in [-0.15, -0.1) is 0 Å². The molecule has 0 aromatic heterocycles. The molecule has 2 aromatic carbocycles. The molecule has 0 saturated carbocycles. The topological polar surface area (TPSA) is 46.3 Å². The van der Waals surface area contributed by atoms with Crippen molar-refractivity contribution in [2.45, 2.75) is 19.8 Å². The highest BCUT2D eigenvalue weighted by Gasteiger charge is 2.25. The molecule has 0 unspecified atom stereocenters. The molecule has 0 bridgehead atoms. The maximum absolute atomic E-state index is 13.4. The molecule has 1 heterocycles. The number of benzene rings is 2. The van der Waals surface area contributed by atoms with Crippen LogP contribution in [0.4, 0.5) is 15.8 Å². The third-order valence-electron chi connectivity index (χ3n) is 3.96. The molecule has 3 rings (SSSR count). The summed E-state index contributed by atoms with van der Waals surface area (Å²) in [5, 5.41) is 0. The van der Waals surface area contributed by atoms with Crippen molar-refractivity contribution in [3.05, 3.63) is 58.9 Å². The molecule has 1 aliphatic rings. The Morgan fingerprint density at radius 2 is 2.10 bits per heavy atom. The minimum atomic E-state index is -0.395. The first-order valence-electron chi connectivity index (χ1n) is 7.03. The van der Waals surface area contributed by atoms with Gasteiger partial charge in [0.2, 0.25) is 0 Å². The van der Waals surface area contributed by atoms with E-state index >= 15 is 0 Å². The summed E-state index contributed by atoms with van der Waals surface area (Å²) < 4.78 is 13.4. The number of nitrogens with zero attached hydrogens (tertiary/aromatic N) is 1. The lowest BCUT2D eigenvalue weighted by Crippen LogP contribution is -2.36. The fraction of sp³-hybridized carbons (Fsp3) is 0.235. The van der Waals surface area contributed by atoms with E-state index in [2.05, 4.69) is 0 Å². The Kier molecular flexibility index (Phi) is 3.37. The largest absolute Gasteiger partial charge is 0.398 e. The van der Waals surface area contributed by atoms with E-state index in [1.165, 1.54) is 12.1 Å². The number of aryl methyl sites for hydroxylation is 1. The molecule has 21 heavy (non-hydrogen) atoms. The highest BCUT2D eigenvalue weighted by molar-refractivity contribution is 6.08. The number of amides is 1. The normalized spacial score (nSPS) is 13.9. The summed E-state index contributed by atoms with van der Waals surface area (Å²) in [7, 11) is 0. The number of fused-ring (bicyclic) bond motifs is 1. The van der Waals surface area contributed by atoms with Gasteiger partial charge in [-0.3, -0.25) is 4.79 Å². The van der Waals surface area contributed by atoms with E-state index in [1.807, 2.05) is 25.1 Å². The molecule has 0 fully saturated rings. The molecule has 1 aliphatic heterocycles. The first-order chi connectivity index (χ1) is 10.1. The van der Waals surface area contributed by atoms with Gasteiger partial charge in [-0.1, -0.05) is 12.1 Å². The second kappa shape index (κ2) is 5.20. The monoisotopic (exact) mass is 284 g/mol. The molecule has 2 aromatic rings. The number of anilines is 2. The molecule has 108 valence electrons. The summed E-state index contributed by atoms with van der Waals surface area (Å²) >= 11 is 0. The molecule has 0 aliphatic carbocycles. The highest BCUT2D eigenvalue weighted by atomic mass is 19.1. The predicted molar refractivity (Wildman–Crippen MR) is 82.0 cm³/mol. The number of hydrogen-bond acceptors (Lipinski definition) is 2. The van der Waals surface area contributed by atoms with Crippen LogP contribution >= 0.6 is 0 Å². The van der Waals surface area contributed by atoms with Gasteiger partial charge >= 0.3 is 0 Å². The van der Waals surface area contributed by atoms with Crippen LogP contribution < -0.4 is 10.6 Å². The summed E-state index contributed by atoms with van der Waals surface area (Å²) in [5.74, 6) is -0.563. The molecule has 0 radical (unpaired) electrons. The van der Waals surface area contributed by atoms with Gasteiger partial charge < -0.3 is 10.6 Å². The van der Waals surface area contributed by atoms with Gasteiger partial charge in [-0.05, 0) is 55.2 Å². The molecular weight excluding hydrogens is 267 g/mol. The summed E-state index contributed by atoms with van der Waals surface area (Å²) in [5.41, 5.74) is 9.74. The molecule has 1 amide bonds. The Balaban J connectivity index is 2.04. The van der Waals surface area contributed by atoms with E-state index in [4.69, 9.17) is 5.73 Å². The van der Waals surface area contributed by atoms with Gasteiger partial charge in [0.25, 0.3) is 5.91 Å². The van der Waals surface area contributed by atoms with Crippen molar-refractivity contribution in [1.82, 2.24) is 0 Å². The summed E-state index contributed by atoms with van der Waals surface area (Å²) in [6, 6.07) is 9.90. The van der Waals surface area contributed by atoms with E-state index in [1.54, 1.807) is 11.0 Å². The minimum absolute atomic E-state index is 0.168. The number of halogens is 1. The van der Waals surface area contributed by atoms with Crippen molar-refractivity contribution in [3.63, 3.8) is 0 Å². The van der Waals surface area contributed by atoms with Gasteiger partial charge in [0.05, 0.1) is 0 Å². The molecule has 0 atom stereocenters. The minimum Gasteiger partial charge on any atom is -0.398 e. The van der Waals surface area contributed by atoms with Crippen molar-refractivity contribution in [2.75, 3.05) is 17.2 Å². The molecule has 4 heteroatoms. The number of carbonyl (C=O) groups is 1. The predicted octanol–water partition coefficient (Wildman–Crippen LogP) is 3.31. The molecule has 0 saturated heterocycles. The van der Waals surface area contributed by atoms with Crippen LogP contribution in [0.25, 0.3) is 0 Å². The van der Waals surface area contributed by atoms with Gasteiger partial charge in [0, 0.05) is 23.5 Å². The highest BCUT2D eigenvalue weighted by Crippen LogP contribution is 2.32. The zero-order valence-electron chi connectivity index (χ0n) is 11.9. The Morgan fingerprint density at radius 3 is 2.90 bits per heavy atom. The Bertz CT molecular complexity index is 712. The maximum Gasteiger partial charge on any atom is 0.258 e. The van der Waals surface area contributed by atoms with Crippen molar-refractivity contribution in [1.29, 1.82) is 0 Å². The van der Waals surface area contributed by atoms with E-state index in [-0.39, 0.29) is 5.91 Å². The molecular formula is C17H17FN2O. The summed E-state index contributed by atoms with van der Waals surface area (Å²) in [6.45, 7) is 2.45. The first kappa shape index (κ1) is 13.6. The number of nitrogen functional groups attached to an aromatic ring is 1. The average Bonchev–Trinajstić information content (AvgIpc) is 2.49. The molecule has 3 nitrogen and oxygen atoms in total. The van der Waals surface area contributed by atoms with Gasteiger partial charge in [-0.2, -0.15) is 0 Å². The van der Waals surface area contributed by atoms with Crippen LogP contribution in [0.2, 0.25) is 0 Å². The Hall–Kier alpha value is -2.36. The van der Waals surface area contributed by atoms with E-state index < -0.39 is 5.82 Å². The average molecular weight is 284 g/mol. The van der Waals surface area contributed by atoms with Gasteiger partial charge in [0.1, 0.15) is 5.82 Å². The van der Waals surface area contributed by atoms with Crippen molar-refractivity contribution in [2.24, 2.45) is 0 Å². The smallest absolute Gasteiger partial charge is 0.258 e. The number of carbonyl (C=O) groups excluding carboxylic acids is 1. The van der Waals surface area contributed by atoms with Crippen molar-refractivity contribution in [3.8, 4) is 0 Å². The number of nitrogens with two attached hydrogens (primary N) is 1. The maximum atomic E-state index is 13.4. The van der Waals surface area contributed by atoms with Crippen LogP contribution in [-0.4, -0.2) is 12.5 Å². The number of hydrogen-bond donors (Lipinski definition) is 1. The van der Waals surface area contributed by atoms with Crippen LogP contribution in [0, 0.1) is 12.7 Å². The van der Waals surface area contributed by atoms with Crippen LogP contribution in [0.1, 0.15) is 27.9 Å². The third kappa shape index (κ3) is 2.37. The Labute approximate surface area is 123 Å². The van der Waals surface area contributed by atoms with Crippen LogP contribution in [0.15, 0.2) is 36.4 Å². The van der Waals surface area contributed by atoms with E-state index in [9.17, 15) is 9.18 Å². The van der Waals surface area contributed by atoms with Gasteiger partial charge in [-0.25, -0.2) is 4.39 Å². The zero-order valence-corrected chi connectivity index (χ0v) is 11.9. The van der Waals surface area contributed by atoms with Crippen LogP contribution in [0.5, 0.6) is 0 Å². The lowest BCUT2D eigenvalue weighted by atomic mass is 9.98. The number of rotatable bonds is 1. The van der Waals surface area contributed by atoms with E-state index in [0.29, 0.717) is 17.8 Å². The van der Waals surface area contributed by atoms with E-state index in [0.717, 1.165) is 29.7 Å². The third-order valence-corrected chi connectivity index (χ3v) is 3.96. The SMILES string of the molecule is Cc1ccc(F)cc1C(=O)N1CCCc2c(N)cccc21. The van der Waals surface area contributed by atoms with Crippen LogP contribution in [-0.2, 0) is 6.42 Å². The summed E-state index contributed by atoms with van der Waals surface area (Å²) in [4.78, 5) is 14.5. The Morgan fingerprint density at radius 1 is 1.29 bits per heavy atom. The molecule has 0 spiro atoms.